The van der Waals surface area contributed by atoms with Gasteiger partial charge < -0.3 is 14.9 Å². The summed E-state index contributed by atoms with van der Waals surface area (Å²) in [6.07, 6.45) is 0. The first kappa shape index (κ1) is 10.2. The molecule has 4 nitrogen and oxygen atoms in total. The number of halogens is 2. The summed E-state index contributed by atoms with van der Waals surface area (Å²) in [4.78, 5) is 10.4. The minimum absolute atomic E-state index is 0.429. The first-order valence-electron chi connectivity index (χ1n) is 3.47. The van der Waals surface area contributed by atoms with Gasteiger partial charge in [0.25, 0.3) is 0 Å². The molecule has 0 radical (unpaired) electrons. The normalized spacial score (nSPS) is 9.93. The molecule has 1 aromatic carbocycles. The molecule has 0 heterocycles. The van der Waals surface area contributed by atoms with Crippen LogP contribution in [-0.2, 0) is 0 Å². The zero-order chi connectivity index (χ0) is 10.9. The van der Waals surface area contributed by atoms with Crippen molar-refractivity contribution in [2.45, 2.75) is 0 Å². The summed E-state index contributed by atoms with van der Waals surface area (Å²) in [5, 5.41) is 17.6. The van der Waals surface area contributed by atoms with Crippen LogP contribution in [0.25, 0.3) is 0 Å². The number of carboxylic acids is 1. The van der Waals surface area contributed by atoms with E-state index in [9.17, 15) is 13.6 Å². The van der Waals surface area contributed by atoms with Gasteiger partial charge in [0, 0.05) is 6.07 Å². The van der Waals surface area contributed by atoms with Crippen LogP contribution in [0.2, 0.25) is 0 Å². The number of rotatable bonds is 2. The van der Waals surface area contributed by atoms with Crippen LogP contribution in [0.1, 0.15) is 10.4 Å². The highest BCUT2D eigenvalue weighted by Gasteiger charge is 2.23. The second-order valence-electron chi connectivity index (χ2n) is 2.40. The summed E-state index contributed by atoms with van der Waals surface area (Å²) in [5.74, 6) is -6.13. The number of phenols is 1. The minimum Gasteiger partial charge on any atom is -0.504 e. The second-order valence-corrected chi connectivity index (χ2v) is 2.40. The molecule has 0 saturated heterocycles. The summed E-state index contributed by atoms with van der Waals surface area (Å²) in [6, 6.07) is 0.567. The van der Waals surface area contributed by atoms with Gasteiger partial charge in [0.15, 0.2) is 23.1 Å². The fourth-order valence-corrected chi connectivity index (χ4v) is 0.944. The molecule has 0 fully saturated rings. The van der Waals surface area contributed by atoms with Gasteiger partial charge in [-0.25, -0.2) is 13.6 Å². The van der Waals surface area contributed by atoms with E-state index in [0.717, 1.165) is 7.11 Å². The lowest BCUT2D eigenvalue weighted by Crippen LogP contribution is -2.04. The van der Waals surface area contributed by atoms with Crippen molar-refractivity contribution in [1.29, 1.82) is 0 Å². The maximum Gasteiger partial charge on any atom is 0.342 e. The number of aromatic hydroxyl groups is 1. The van der Waals surface area contributed by atoms with E-state index < -0.39 is 34.7 Å². The summed E-state index contributed by atoms with van der Waals surface area (Å²) in [6.45, 7) is 0. The van der Waals surface area contributed by atoms with E-state index in [1.54, 1.807) is 0 Å². The predicted octanol–water partition coefficient (Wildman–Crippen LogP) is 1.38. The molecule has 0 unspecified atom stereocenters. The largest absolute Gasteiger partial charge is 0.504 e. The lowest BCUT2D eigenvalue weighted by Gasteiger charge is -2.07. The standard InChI is InChI=1S/C8H6F2O4/c1-14-4-2-3(9)6(10)5(7(4)11)8(12)13/h2,11H,1H3,(H,12,13). The molecule has 0 atom stereocenters. The first-order valence-corrected chi connectivity index (χ1v) is 3.47. The van der Waals surface area contributed by atoms with Crippen LogP contribution in [0.5, 0.6) is 11.5 Å². The molecule has 0 aliphatic carbocycles. The Bertz CT molecular complexity index is 389. The van der Waals surface area contributed by atoms with Crippen LogP contribution >= 0.6 is 0 Å². The van der Waals surface area contributed by atoms with E-state index in [2.05, 4.69) is 4.74 Å². The quantitative estimate of drug-likeness (QED) is 0.763. The van der Waals surface area contributed by atoms with Crippen molar-refractivity contribution in [3.05, 3.63) is 23.3 Å². The Hall–Kier alpha value is -1.85. The lowest BCUT2D eigenvalue weighted by atomic mass is 10.1. The van der Waals surface area contributed by atoms with Gasteiger partial charge in [0.2, 0.25) is 0 Å². The molecule has 0 bridgehead atoms. The molecule has 0 aliphatic heterocycles. The van der Waals surface area contributed by atoms with Gasteiger partial charge in [-0.15, -0.1) is 0 Å². The monoisotopic (exact) mass is 204 g/mol. The number of hydrogen-bond donors (Lipinski definition) is 2. The van der Waals surface area contributed by atoms with E-state index in [0.29, 0.717) is 6.07 Å². The van der Waals surface area contributed by atoms with Crippen molar-refractivity contribution in [2.75, 3.05) is 7.11 Å². The highest BCUT2D eigenvalue weighted by molar-refractivity contribution is 5.92. The van der Waals surface area contributed by atoms with Gasteiger partial charge in [0.05, 0.1) is 7.11 Å². The lowest BCUT2D eigenvalue weighted by molar-refractivity contribution is 0.0686. The number of aromatic carboxylic acids is 1. The Labute approximate surface area is 77.4 Å². The molecule has 0 aliphatic rings. The van der Waals surface area contributed by atoms with Gasteiger partial charge in [-0.05, 0) is 0 Å². The highest BCUT2D eigenvalue weighted by atomic mass is 19.2. The number of carbonyl (C=O) groups is 1. The number of carboxylic acid groups (broad SMARTS) is 1. The van der Waals surface area contributed by atoms with Crippen molar-refractivity contribution in [3.8, 4) is 11.5 Å². The molecule has 0 spiro atoms. The molecular formula is C8H6F2O4. The molecule has 6 heteroatoms. The molecule has 14 heavy (non-hydrogen) atoms. The topological polar surface area (TPSA) is 66.8 Å². The summed E-state index contributed by atoms with van der Waals surface area (Å²) in [5.41, 5.74) is -1.14. The molecule has 0 saturated carbocycles. The average Bonchev–Trinajstić information content (AvgIpc) is 2.11. The highest BCUT2D eigenvalue weighted by Crippen LogP contribution is 2.33. The third-order valence-electron chi connectivity index (χ3n) is 1.59. The molecular weight excluding hydrogens is 198 g/mol. The van der Waals surface area contributed by atoms with E-state index in [-0.39, 0.29) is 0 Å². The molecule has 76 valence electrons. The van der Waals surface area contributed by atoms with Crippen molar-refractivity contribution in [2.24, 2.45) is 0 Å². The number of benzene rings is 1. The van der Waals surface area contributed by atoms with E-state index >= 15 is 0 Å². The summed E-state index contributed by atoms with van der Waals surface area (Å²) in [7, 11) is 1.10. The van der Waals surface area contributed by atoms with Crippen LogP contribution in [0.4, 0.5) is 8.78 Å². The van der Waals surface area contributed by atoms with E-state index in [4.69, 9.17) is 10.2 Å². The zero-order valence-corrected chi connectivity index (χ0v) is 7.04. The summed E-state index contributed by atoms with van der Waals surface area (Å²) >= 11 is 0. The first-order chi connectivity index (χ1) is 6.49. The van der Waals surface area contributed by atoms with Crippen LogP contribution in [0, 0.1) is 11.6 Å². The van der Waals surface area contributed by atoms with Crippen molar-refractivity contribution in [3.63, 3.8) is 0 Å². The number of ether oxygens (including phenoxy) is 1. The SMILES string of the molecule is COc1cc(F)c(F)c(C(=O)O)c1O. The van der Waals surface area contributed by atoms with Gasteiger partial charge in [-0.2, -0.15) is 0 Å². The molecule has 2 N–H and O–H groups in total. The Kier molecular flexibility index (Phi) is 2.55. The summed E-state index contributed by atoms with van der Waals surface area (Å²) < 4.78 is 30.0. The number of hydrogen-bond acceptors (Lipinski definition) is 3. The fraction of sp³-hybridized carbons (Fsp3) is 0.125. The maximum absolute atomic E-state index is 12.9. The Morgan fingerprint density at radius 1 is 1.50 bits per heavy atom. The maximum atomic E-state index is 12.9. The Morgan fingerprint density at radius 3 is 2.50 bits per heavy atom. The van der Waals surface area contributed by atoms with Crippen LogP contribution in [-0.4, -0.2) is 23.3 Å². The van der Waals surface area contributed by atoms with Gasteiger partial charge in [0.1, 0.15) is 5.56 Å². The zero-order valence-electron chi connectivity index (χ0n) is 7.04. The van der Waals surface area contributed by atoms with Crippen LogP contribution < -0.4 is 4.74 Å². The average molecular weight is 204 g/mol. The van der Waals surface area contributed by atoms with Crippen molar-refractivity contribution >= 4 is 5.97 Å². The van der Waals surface area contributed by atoms with E-state index in [1.165, 1.54) is 0 Å². The third kappa shape index (κ3) is 1.46. The number of methoxy groups -OCH3 is 1. The van der Waals surface area contributed by atoms with Crippen LogP contribution in [0.3, 0.4) is 0 Å². The van der Waals surface area contributed by atoms with Gasteiger partial charge in [-0.3, -0.25) is 0 Å². The second kappa shape index (κ2) is 3.49. The molecule has 0 amide bonds. The molecule has 1 rings (SSSR count). The van der Waals surface area contributed by atoms with Crippen molar-refractivity contribution < 1.29 is 28.5 Å². The van der Waals surface area contributed by atoms with Crippen LogP contribution in [0.15, 0.2) is 6.07 Å². The third-order valence-corrected chi connectivity index (χ3v) is 1.59. The fourth-order valence-electron chi connectivity index (χ4n) is 0.944. The molecule has 0 aromatic heterocycles. The van der Waals surface area contributed by atoms with Gasteiger partial charge >= 0.3 is 5.97 Å². The smallest absolute Gasteiger partial charge is 0.342 e. The Morgan fingerprint density at radius 2 is 2.07 bits per heavy atom. The van der Waals surface area contributed by atoms with Crippen molar-refractivity contribution in [1.82, 2.24) is 0 Å². The Balaban J connectivity index is 3.53. The predicted molar refractivity (Wildman–Crippen MR) is 41.5 cm³/mol. The van der Waals surface area contributed by atoms with E-state index in [1.807, 2.05) is 0 Å². The minimum atomic E-state index is -1.77. The van der Waals surface area contributed by atoms with Gasteiger partial charge in [-0.1, -0.05) is 0 Å². The molecule has 1 aromatic rings.